The van der Waals surface area contributed by atoms with Crippen molar-refractivity contribution in [1.82, 2.24) is 4.98 Å². The Morgan fingerprint density at radius 3 is 2.74 bits per heavy atom. The number of anilines is 2. The molecule has 23 heavy (non-hydrogen) atoms. The zero-order chi connectivity index (χ0) is 17.0. The fourth-order valence-corrected chi connectivity index (χ4v) is 2.73. The minimum absolute atomic E-state index is 0.108. The van der Waals surface area contributed by atoms with Gasteiger partial charge in [0.2, 0.25) is 5.82 Å². The summed E-state index contributed by atoms with van der Waals surface area (Å²) in [5, 5.41) is 17.4. The highest BCUT2D eigenvalue weighted by molar-refractivity contribution is 6.30. The van der Waals surface area contributed by atoms with Crippen LogP contribution in [0.15, 0.2) is 24.3 Å². The number of nitrogens with zero attached hydrogens (tertiary/aromatic N) is 2. The van der Waals surface area contributed by atoms with E-state index in [0.717, 1.165) is 17.5 Å². The number of hydrogen-bond donors (Lipinski definition) is 2. The molecule has 0 aliphatic heterocycles. The lowest BCUT2D eigenvalue weighted by molar-refractivity contribution is -0.383. The molecule has 0 atom stereocenters. The summed E-state index contributed by atoms with van der Waals surface area (Å²) >= 11 is 5.96. The van der Waals surface area contributed by atoms with Crippen molar-refractivity contribution in [3.05, 3.63) is 56.2 Å². The standard InChI is InChI=1S/C16H19ClN4O2/c1-4-11-7-5-6-10(2)12(11)9-19-13-8-14(17)20-16(18-3)15(13)21(22)23/h5-8H,4,9H2,1-3H3,(H2,18,19,20). The molecule has 0 bridgehead atoms. The Bertz CT molecular complexity index is 734. The molecule has 0 aliphatic carbocycles. The van der Waals surface area contributed by atoms with Crippen molar-refractivity contribution in [2.24, 2.45) is 0 Å². The lowest BCUT2D eigenvalue weighted by Crippen LogP contribution is -2.09. The number of aryl methyl sites for hydroxylation is 2. The van der Waals surface area contributed by atoms with Gasteiger partial charge < -0.3 is 10.6 Å². The Labute approximate surface area is 140 Å². The van der Waals surface area contributed by atoms with E-state index in [1.54, 1.807) is 7.05 Å². The van der Waals surface area contributed by atoms with Crippen molar-refractivity contribution in [3.63, 3.8) is 0 Å². The lowest BCUT2D eigenvalue weighted by atomic mass is 10.00. The molecule has 6 nitrogen and oxygen atoms in total. The van der Waals surface area contributed by atoms with Gasteiger partial charge in [0.25, 0.3) is 0 Å². The molecule has 2 N–H and O–H groups in total. The second kappa shape index (κ2) is 7.28. The molecule has 0 spiro atoms. The van der Waals surface area contributed by atoms with Crippen molar-refractivity contribution in [2.75, 3.05) is 17.7 Å². The van der Waals surface area contributed by atoms with Crippen LogP contribution in [0.4, 0.5) is 17.2 Å². The maximum Gasteiger partial charge on any atom is 0.334 e. The summed E-state index contributed by atoms with van der Waals surface area (Å²) in [6.45, 7) is 4.60. The summed E-state index contributed by atoms with van der Waals surface area (Å²) < 4.78 is 0. The zero-order valence-electron chi connectivity index (χ0n) is 13.3. The molecule has 122 valence electrons. The number of halogens is 1. The highest BCUT2D eigenvalue weighted by atomic mass is 35.5. The van der Waals surface area contributed by atoms with E-state index in [-0.39, 0.29) is 16.7 Å². The molecule has 1 aromatic carbocycles. The van der Waals surface area contributed by atoms with Gasteiger partial charge in [0.15, 0.2) is 0 Å². The molecule has 1 aromatic heterocycles. The van der Waals surface area contributed by atoms with Gasteiger partial charge in [0, 0.05) is 19.7 Å². The van der Waals surface area contributed by atoms with Gasteiger partial charge in [0.05, 0.1) is 4.92 Å². The van der Waals surface area contributed by atoms with E-state index in [0.29, 0.717) is 12.2 Å². The van der Waals surface area contributed by atoms with Crippen LogP contribution in [-0.2, 0) is 13.0 Å². The van der Waals surface area contributed by atoms with Crippen molar-refractivity contribution in [1.29, 1.82) is 0 Å². The normalized spacial score (nSPS) is 10.4. The fraction of sp³-hybridized carbons (Fsp3) is 0.312. The number of nitrogens with one attached hydrogen (secondary N) is 2. The molecule has 7 heteroatoms. The van der Waals surface area contributed by atoms with Crippen molar-refractivity contribution in [3.8, 4) is 0 Å². The van der Waals surface area contributed by atoms with Crippen LogP contribution in [0, 0.1) is 17.0 Å². The fourth-order valence-electron chi connectivity index (χ4n) is 2.53. The maximum atomic E-state index is 11.4. The van der Waals surface area contributed by atoms with Gasteiger partial charge in [0.1, 0.15) is 10.8 Å². The molecule has 2 rings (SSSR count). The van der Waals surface area contributed by atoms with Crippen LogP contribution in [0.1, 0.15) is 23.6 Å². The van der Waals surface area contributed by atoms with E-state index >= 15 is 0 Å². The molecule has 0 saturated heterocycles. The van der Waals surface area contributed by atoms with Crippen LogP contribution in [0.5, 0.6) is 0 Å². The van der Waals surface area contributed by atoms with Gasteiger partial charge in [-0.1, -0.05) is 36.7 Å². The summed E-state index contributed by atoms with van der Waals surface area (Å²) in [5.74, 6) is 0.144. The number of pyridine rings is 1. The van der Waals surface area contributed by atoms with Crippen LogP contribution in [0.25, 0.3) is 0 Å². The predicted molar refractivity (Wildman–Crippen MR) is 93.3 cm³/mol. The van der Waals surface area contributed by atoms with E-state index in [1.165, 1.54) is 11.6 Å². The monoisotopic (exact) mass is 334 g/mol. The molecular weight excluding hydrogens is 316 g/mol. The molecule has 0 unspecified atom stereocenters. The summed E-state index contributed by atoms with van der Waals surface area (Å²) in [7, 11) is 1.58. The van der Waals surface area contributed by atoms with E-state index < -0.39 is 4.92 Å². The second-order valence-corrected chi connectivity index (χ2v) is 5.50. The van der Waals surface area contributed by atoms with Crippen LogP contribution >= 0.6 is 11.6 Å². The van der Waals surface area contributed by atoms with Crippen molar-refractivity contribution < 1.29 is 4.92 Å². The van der Waals surface area contributed by atoms with E-state index in [2.05, 4.69) is 28.6 Å². The van der Waals surface area contributed by atoms with Gasteiger partial charge in [-0.15, -0.1) is 0 Å². The third-order valence-corrected chi connectivity index (χ3v) is 3.92. The molecule has 2 aromatic rings. The molecule has 0 saturated carbocycles. The zero-order valence-corrected chi connectivity index (χ0v) is 14.1. The number of benzene rings is 1. The first-order valence-corrected chi connectivity index (χ1v) is 7.69. The van der Waals surface area contributed by atoms with Crippen LogP contribution in [0.3, 0.4) is 0 Å². The Kier molecular flexibility index (Phi) is 5.39. The first-order valence-electron chi connectivity index (χ1n) is 7.31. The number of nitro groups is 1. The van der Waals surface area contributed by atoms with Crippen molar-refractivity contribution in [2.45, 2.75) is 26.8 Å². The first-order chi connectivity index (χ1) is 11.0. The van der Waals surface area contributed by atoms with Crippen LogP contribution < -0.4 is 10.6 Å². The molecule has 0 radical (unpaired) electrons. The van der Waals surface area contributed by atoms with Gasteiger partial charge in [-0.3, -0.25) is 10.1 Å². The van der Waals surface area contributed by atoms with E-state index in [1.807, 2.05) is 19.1 Å². The average molecular weight is 335 g/mol. The molecular formula is C16H19ClN4O2. The molecule has 0 aliphatic rings. The maximum absolute atomic E-state index is 11.4. The Balaban J connectivity index is 2.38. The smallest absolute Gasteiger partial charge is 0.334 e. The third-order valence-electron chi connectivity index (χ3n) is 3.72. The Morgan fingerprint density at radius 1 is 1.39 bits per heavy atom. The highest BCUT2D eigenvalue weighted by Gasteiger charge is 2.22. The SMILES string of the molecule is CCc1cccc(C)c1CNc1cc(Cl)nc(NC)c1[N+](=O)[O-]. The summed E-state index contributed by atoms with van der Waals surface area (Å²) in [5.41, 5.74) is 3.75. The quantitative estimate of drug-likeness (QED) is 0.471. The van der Waals surface area contributed by atoms with E-state index in [9.17, 15) is 10.1 Å². The largest absolute Gasteiger partial charge is 0.375 e. The van der Waals surface area contributed by atoms with Gasteiger partial charge in [-0.05, 0) is 30.0 Å². The Morgan fingerprint density at radius 2 is 2.13 bits per heavy atom. The first kappa shape index (κ1) is 17.0. The summed E-state index contributed by atoms with van der Waals surface area (Å²) in [6, 6.07) is 7.59. The van der Waals surface area contributed by atoms with Gasteiger partial charge >= 0.3 is 5.69 Å². The van der Waals surface area contributed by atoms with Gasteiger partial charge in [-0.25, -0.2) is 4.98 Å². The topological polar surface area (TPSA) is 80.1 Å². The third kappa shape index (κ3) is 3.71. The number of aromatic nitrogens is 1. The Hall–Kier alpha value is -2.34. The lowest BCUT2D eigenvalue weighted by Gasteiger charge is -2.14. The average Bonchev–Trinajstić information content (AvgIpc) is 2.52. The molecule has 0 fully saturated rings. The minimum Gasteiger partial charge on any atom is -0.375 e. The van der Waals surface area contributed by atoms with Crippen LogP contribution in [0.2, 0.25) is 5.15 Å². The molecule has 0 amide bonds. The van der Waals surface area contributed by atoms with E-state index in [4.69, 9.17) is 11.6 Å². The predicted octanol–water partition coefficient (Wildman–Crippen LogP) is 4.17. The summed E-state index contributed by atoms with van der Waals surface area (Å²) in [4.78, 5) is 14.8. The van der Waals surface area contributed by atoms with Crippen LogP contribution in [-0.4, -0.2) is 17.0 Å². The number of rotatable bonds is 6. The summed E-state index contributed by atoms with van der Waals surface area (Å²) in [6.07, 6.45) is 0.902. The van der Waals surface area contributed by atoms with Gasteiger partial charge in [-0.2, -0.15) is 0 Å². The highest BCUT2D eigenvalue weighted by Crippen LogP contribution is 2.34. The minimum atomic E-state index is -0.462. The second-order valence-electron chi connectivity index (χ2n) is 5.12. The molecule has 1 heterocycles. The number of hydrogen-bond acceptors (Lipinski definition) is 5. The van der Waals surface area contributed by atoms with Crippen molar-refractivity contribution >= 4 is 28.8 Å².